The van der Waals surface area contributed by atoms with E-state index in [9.17, 15) is 4.79 Å². The molecule has 3 heterocycles. The van der Waals surface area contributed by atoms with Crippen molar-refractivity contribution in [3.63, 3.8) is 0 Å². The Morgan fingerprint density at radius 1 is 1.11 bits per heavy atom. The number of halogens is 1. The third kappa shape index (κ3) is 3.08. The van der Waals surface area contributed by atoms with Gasteiger partial charge in [0.1, 0.15) is 0 Å². The molecule has 5 rings (SSSR count). The molecule has 2 unspecified atom stereocenters. The largest absolute Gasteiger partial charge is 0.332 e. The molecule has 2 aliphatic heterocycles. The second kappa shape index (κ2) is 7.02. The maximum absolute atomic E-state index is 13.1. The lowest BCUT2D eigenvalue weighted by Crippen LogP contribution is -2.43. The molecule has 1 fully saturated rings. The standard InChI is InChI=1S/C23H20ClN3O/c24-17-8-4-5-15(11-17)12-22(28)27-18-9-10-21(27)19-14-25-23(26-20(19)13-18)16-6-2-1-3-7-16/h1-8,11,14,18,21H,9-10,12-13H2. The smallest absolute Gasteiger partial charge is 0.227 e. The van der Waals surface area contributed by atoms with Crippen LogP contribution in [0.2, 0.25) is 5.02 Å². The predicted molar refractivity (Wildman–Crippen MR) is 109 cm³/mol. The summed E-state index contributed by atoms with van der Waals surface area (Å²) in [6, 6.07) is 17.9. The fourth-order valence-corrected chi connectivity index (χ4v) is 4.71. The van der Waals surface area contributed by atoms with E-state index in [-0.39, 0.29) is 18.0 Å². The van der Waals surface area contributed by atoms with Gasteiger partial charge in [0.25, 0.3) is 0 Å². The van der Waals surface area contributed by atoms with Crippen molar-refractivity contribution >= 4 is 17.5 Å². The molecular weight excluding hydrogens is 370 g/mol. The molecular formula is C23H20ClN3O. The second-order valence-electron chi connectivity index (χ2n) is 7.52. The molecule has 1 saturated heterocycles. The summed E-state index contributed by atoms with van der Waals surface area (Å²) in [6.07, 6.45) is 5.10. The van der Waals surface area contributed by atoms with Crippen molar-refractivity contribution in [3.05, 3.63) is 82.6 Å². The lowest BCUT2D eigenvalue weighted by atomic mass is 9.98. The highest BCUT2D eigenvalue weighted by molar-refractivity contribution is 6.30. The zero-order valence-electron chi connectivity index (χ0n) is 15.4. The highest BCUT2D eigenvalue weighted by atomic mass is 35.5. The number of hydrogen-bond donors (Lipinski definition) is 0. The summed E-state index contributed by atoms with van der Waals surface area (Å²) >= 11 is 6.07. The summed E-state index contributed by atoms with van der Waals surface area (Å²) in [5, 5.41) is 0.666. The van der Waals surface area contributed by atoms with E-state index in [0.717, 1.165) is 47.5 Å². The monoisotopic (exact) mass is 389 g/mol. The molecule has 0 aliphatic carbocycles. The number of nitrogens with zero attached hydrogens (tertiary/aromatic N) is 3. The van der Waals surface area contributed by atoms with Crippen molar-refractivity contribution in [1.82, 2.24) is 14.9 Å². The van der Waals surface area contributed by atoms with E-state index in [4.69, 9.17) is 16.6 Å². The van der Waals surface area contributed by atoms with Crippen molar-refractivity contribution in [1.29, 1.82) is 0 Å². The van der Waals surface area contributed by atoms with Gasteiger partial charge in [0.15, 0.2) is 5.82 Å². The first-order valence-electron chi connectivity index (χ1n) is 9.66. The Morgan fingerprint density at radius 2 is 1.96 bits per heavy atom. The Bertz CT molecular complexity index is 1040. The molecule has 0 spiro atoms. The number of fused-ring (bicyclic) bond motifs is 4. The molecule has 2 bridgehead atoms. The number of carbonyl (C=O) groups is 1. The number of amides is 1. The third-order valence-electron chi connectivity index (χ3n) is 5.75. The third-order valence-corrected chi connectivity index (χ3v) is 5.99. The van der Waals surface area contributed by atoms with Gasteiger partial charge in [-0.15, -0.1) is 0 Å². The minimum atomic E-state index is 0.0882. The van der Waals surface area contributed by atoms with Crippen molar-refractivity contribution < 1.29 is 4.79 Å². The minimum Gasteiger partial charge on any atom is -0.332 e. The molecule has 28 heavy (non-hydrogen) atoms. The van der Waals surface area contributed by atoms with Crippen LogP contribution in [0.3, 0.4) is 0 Å². The maximum atomic E-state index is 13.1. The van der Waals surface area contributed by atoms with E-state index in [0.29, 0.717) is 11.4 Å². The van der Waals surface area contributed by atoms with Gasteiger partial charge in [0, 0.05) is 34.8 Å². The Labute approximate surface area is 169 Å². The molecule has 2 atom stereocenters. The van der Waals surface area contributed by atoms with E-state index >= 15 is 0 Å². The van der Waals surface area contributed by atoms with E-state index in [1.54, 1.807) is 0 Å². The number of aromatic nitrogens is 2. The van der Waals surface area contributed by atoms with Crippen molar-refractivity contribution in [2.75, 3.05) is 0 Å². The number of rotatable bonds is 3. The van der Waals surface area contributed by atoms with Crippen LogP contribution in [-0.2, 0) is 17.6 Å². The first-order valence-corrected chi connectivity index (χ1v) is 10.0. The molecule has 0 saturated carbocycles. The van der Waals surface area contributed by atoms with Crippen LogP contribution in [-0.4, -0.2) is 26.8 Å². The molecule has 3 aromatic rings. The fourth-order valence-electron chi connectivity index (χ4n) is 4.50. The van der Waals surface area contributed by atoms with Gasteiger partial charge in [0.05, 0.1) is 18.2 Å². The van der Waals surface area contributed by atoms with Gasteiger partial charge in [-0.1, -0.05) is 54.1 Å². The highest BCUT2D eigenvalue weighted by Crippen LogP contribution is 2.43. The van der Waals surface area contributed by atoms with Gasteiger partial charge in [-0.05, 0) is 30.5 Å². The van der Waals surface area contributed by atoms with Gasteiger partial charge in [-0.25, -0.2) is 9.97 Å². The SMILES string of the molecule is O=C(Cc1cccc(Cl)c1)N1C2CCC1c1cnc(-c3ccccc3)nc1C2. The quantitative estimate of drug-likeness (QED) is 0.656. The zero-order valence-corrected chi connectivity index (χ0v) is 16.1. The van der Waals surface area contributed by atoms with E-state index < -0.39 is 0 Å². The Kier molecular flexibility index (Phi) is 4.36. The Hall–Kier alpha value is -2.72. The summed E-state index contributed by atoms with van der Waals surface area (Å²) in [6.45, 7) is 0. The maximum Gasteiger partial charge on any atom is 0.227 e. The average molecular weight is 390 g/mol. The van der Waals surface area contributed by atoms with Crippen LogP contribution in [0.1, 0.15) is 35.7 Å². The molecule has 2 aromatic carbocycles. The number of hydrogen-bond acceptors (Lipinski definition) is 3. The summed E-state index contributed by atoms with van der Waals surface area (Å²) in [7, 11) is 0. The molecule has 4 nitrogen and oxygen atoms in total. The number of benzene rings is 2. The number of carbonyl (C=O) groups excluding carboxylic acids is 1. The van der Waals surface area contributed by atoms with E-state index in [1.165, 1.54) is 0 Å². The van der Waals surface area contributed by atoms with Crippen LogP contribution < -0.4 is 0 Å². The molecule has 0 N–H and O–H groups in total. The van der Waals surface area contributed by atoms with Gasteiger partial charge < -0.3 is 4.90 Å². The summed E-state index contributed by atoms with van der Waals surface area (Å²) in [4.78, 5) is 24.6. The van der Waals surface area contributed by atoms with E-state index in [1.807, 2.05) is 60.8 Å². The average Bonchev–Trinajstić information content (AvgIpc) is 3.03. The van der Waals surface area contributed by atoms with Crippen molar-refractivity contribution in [2.24, 2.45) is 0 Å². The van der Waals surface area contributed by atoms with Gasteiger partial charge in [0.2, 0.25) is 5.91 Å². The summed E-state index contributed by atoms with van der Waals surface area (Å²) in [5.41, 5.74) is 4.18. The molecule has 140 valence electrons. The van der Waals surface area contributed by atoms with Gasteiger partial charge >= 0.3 is 0 Å². The summed E-state index contributed by atoms with van der Waals surface area (Å²) in [5.74, 6) is 0.921. The molecule has 2 aliphatic rings. The van der Waals surface area contributed by atoms with Crippen LogP contribution in [0.4, 0.5) is 0 Å². The van der Waals surface area contributed by atoms with Crippen molar-refractivity contribution in [2.45, 2.75) is 37.8 Å². The van der Waals surface area contributed by atoms with Crippen LogP contribution in [0.5, 0.6) is 0 Å². The normalized spacial score (nSPS) is 20.1. The van der Waals surface area contributed by atoms with Gasteiger partial charge in [-0.2, -0.15) is 0 Å². The highest BCUT2D eigenvalue weighted by Gasteiger charge is 2.43. The second-order valence-corrected chi connectivity index (χ2v) is 7.96. The zero-order chi connectivity index (χ0) is 19.1. The van der Waals surface area contributed by atoms with Gasteiger partial charge in [-0.3, -0.25) is 4.79 Å². The lowest BCUT2D eigenvalue weighted by molar-refractivity contribution is -0.134. The summed E-state index contributed by atoms with van der Waals surface area (Å²) < 4.78 is 0. The first-order chi connectivity index (χ1) is 13.7. The predicted octanol–water partition coefficient (Wildman–Crippen LogP) is 4.63. The lowest BCUT2D eigenvalue weighted by Gasteiger charge is -2.36. The van der Waals surface area contributed by atoms with Crippen LogP contribution in [0.15, 0.2) is 60.8 Å². The molecule has 1 amide bonds. The Morgan fingerprint density at radius 3 is 2.79 bits per heavy atom. The topological polar surface area (TPSA) is 46.1 Å². The Balaban J connectivity index is 1.42. The first kappa shape index (κ1) is 17.4. The fraction of sp³-hybridized carbons (Fsp3) is 0.261. The van der Waals surface area contributed by atoms with Crippen molar-refractivity contribution in [3.8, 4) is 11.4 Å². The van der Waals surface area contributed by atoms with Crippen LogP contribution in [0.25, 0.3) is 11.4 Å². The molecule has 1 aromatic heterocycles. The molecule has 5 heteroatoms. The molecule has 0 radical (unpaired) electrons. The van der Waals surface area contributed by atoms with Crippen LogP contribution in [0, 0.1) is 0 Å². The van der Waals surface area contributed by atoms with Crippen LogP contribution >= 0.6 is 11.6 Å². The van der Waals surface area contributed by atoms with E-state index in [2.05, 4.69) is 9.88 Å². The minimum absolute atomic E-state index is 0.0882.